The predicted molar refractivity (Wildman–Crippen MR) is 81.0 cm³/mol. The van der Waals surface area contributed by atoms with Crippen molar-refractivity contribution in [2.24, 2.45) is 0 Å². The number of esters is 1. The summed E-state index contributed by atoms with van der Waals surface area (Å²) < 4.78 is 83.4. The van der Waals surface area contributed by atoms with E-state index in [1.54, 1.807) is 0 Å². The monoisotopic (exact) mass is 393 g/mol. The molecule has 0 bridgehead atoms. The highest BCUT2D eigenvalue weighted by molar-refractivity contribution is 7.91. The smallest absolute Gasteiger partial charge is 0.416 e. The van der Waals surface area contributed by atoms with Crippen molar-refractivity contribution in [3.63, 3.8) is 0 Å². The third-order valence-electron chi connectivity index (χ3n) is 3.09. The zero-order valence-electron chi connectivity index (χ0n) is 13.0. The van der Waals surface area contributed by atoms with Crippen LogP contribution in [0.15, 0.2) is 30.6 Å². The van der Waals surface area contributed by atoms with Crippen molar-refractivity contribution in [2.75, 3.05) is 11.8 Å². The molecule has 0 amide bonds. The molecule has 0 aliphatic rings. The van der Waals surface area contributed by atoms with Crippen LogP contribution in [0.2, 0.25) is 0 Å². The van der Waals surface area contributed by atoms with E-state index < -0.39 is 56.4 Å². The molecule has 1 heterocycles. The number of alkyl halides is 3. The van der Waals surface area contributed by atoms with Crippen LogP contribution in [-0.2, 0) is 26.7 Å². The molecule has 7 nitrogen and oxygen atoms in total. The summed E-state index contributed by atoms with van der Waals surface area (Å²) in [5.41, 5.74) is -2.98. The number of benzene rings is 1. The first-order valence-electron chi connectivity index (χ1n) is 6.79. The van der Waals surface area contributed by atoms with Gasteiger partial charge in [0.25, 0.3) is 0 Å². The van der Waals surface area contributed by atoms with E-state index in [9.17, 15) is 30.8 Å². The van der Waals surface area contributed by atoms with Gasteiger partial charge in [-0.25, -0.2) is 27.6 Å². The summed E-state index contributed by atoms with van der Waals surface area (Å²) in [5.74, 6) is -4.23. The summed E-state index contributed by atoms with van der Waals surface area (Å²) in [7, 11) is -3.54. The molecule has 2 rings (SSSR count). The molecule has 0 aliphatic carbocycles. The zero-order valence-corrected chi connectivity index (χ0v) is 13.9. The van der Waals surface area contributed by atoms with Crippen molar-refractivity contribution in [3.05, 3.63) is 53.2 Å². The van der Waals surface area contributed by atoms with Crippen LogP contribution in [-0.4, -0.2) is 31.5 Å². The molecule has 0 saturated heterocycles. The Morgan fingerprint density at radius 3 is 2.50 bits per heavy atom. The molecule has 1 N–H and O–H groups in total. The number of sulfonamides is 1. The Bertz CT molecular complexity index is 932. The fourth-order valence-corrected chi connectivity index (χ4v) is 3.19. The van der Waals surface area contributed by atoms with Crippen LogP contribution in [0.1, 0.15) is 21.6 Å². The second kappa shape index (κ2) is 7.23. The molecule has 0 unspecified atom stereocenters. The normalized spacial score (nSPS) is 11.9. The van der Waals surface area contributed by atoms with Gasteiger partial charge in [-0.2, -0.15) is 13.2 Å². The highest BCUT2D eigenvalue weighted by Gasteiger charge is 2.36. The summed E-state index contributed by atoms with van der Waals surface area (Å²) in [6, 6.07) is 2.10. The van der Waals surface area contributed by atoms with E-state index in [1.165, 1.54) is 0 Å². The van der Waals surface area contributed by atoms with Crippen LogP contribution in [0.4, 0.5) is 23.4 Å². The summed E-state index contributed by atoms with van der Waals surface area (Å²) in [4.78, 5) is 18.7. The van der Waals surface area contributed by atoms with Crippen molar-refractivity contribution in [1.29, 1.82) is 0 Å². The third kappa shape index (κ3) is 4.45. The van der Waals surface area contributed by atoms with Gasteiger partial charge in [0.2, 0.25) is 10.0 Å². The number of aromatic nitrogens is 2. The molecule has 0 saturated carbocycles. The van der Waals surface area contributed by atoms with Crippen molar-refractivity contribution in [2.45, 2.75) is 11.9 Å². The van der Waals surface area contributed by atoms with Crippen molar-refractivity contribution in [3.8, 4) is 0 Å². The average molecular weight is 393 g/mol. The molecule has 0 spiro atoms. The van der Waals surface area contributed by atoms with E-state index in [1.807, 2.05) is 4.72 Å². The second-order valence-corrected chi connectivity index (χ2v) is 6.59. The quantitative estimate of drug-likeness (QED) is 0.619. The summed E-state index contributed by atoms with van der Waals surface area (Å²) >= 11 is 0. The van der Waals surface area contributed by atoms with Crippen molar-refractivity contribution in [1.82, 2.24) is 9.97 Å². The lowest BCUT2D eigenvalue weighted by atomic mass is 10.1. The molecule has 12 heteroatoms. The Morgan fingerprint density at radius 1 is 1.23 bits per heavy atom. The SMILES string of the molecule is COC(=O)c1nccnc1NS(=O)(=O)Cc1c(F)cccc1C(F)(F)F. The fourth-order valence-electron chi connectivity index (χ4n) is 2.00. The van der Waals surface area contributed by atoms with Crippen LogP contribution < -0.4 is 4.72 Å². The number of halogens is 4. The van der Waals surface area contributed by atoms with E-state index in [-0.39, 0.29) is 0 Å². The minimum atomic E-state index is -4.95. The topological polar surface area (TPSA) is 98.2 Å². The first-order valence-corrected chi connectivity index (χ1v) is 8.45. The molecule has 0 aliphatic heterocycles. The highest BCUT2D eigenvalue weighted by atomic mass is 32.2. The molecule has 1 aromatic heterocycles. The van der Waals surface area contributed by atoms with Gasteiger partial charge in [-0.15, -0.1) is 0 Å². The van der Waals surface area contributed by atoms with Crippen molar-refractivity contribution < 1.29 is 35.5 Å². The molecule has 140 valence electrons. The maximum Gasteiger partial charge on any atom is 0.416 e. The number of nitrogens with zero attached hydrogens (tertiary/aromatic N) is 2. The van der Waals surface area contributed by atoms with Crippen LogP contribution >= 0.6 is 0 Å². The number of ether oxygens (including phenoxy) is 1. The first-order chi connectivity index (χ1) is 12.0. The fraction of sp³-hybridized carbons (Fsp3) is 0.214. The lowest BCUT2D eigenvalue weighted by Gasteiger charge is -2.14. The molecule has 26 heavy (non-hydrogen) atoms. The molecular weight excluding hydrogens is 382 g/mol. The van der Waals surface area contributed by atoms with Gasteiger partial charge in [-0.1, -0.05) is 6.07 Å². The number of anilines is 1. The number of carbonyl (C=O) groups excluding carboxylic acids is 1. The molecule has 0 radical (unpaired) electrons. The Hall–Kier alpha value is -2.76. The number of carbonyl (C=O) groups is 1. The minimum absolute atomic E-state index is 0.497. The molecule has 0 fully saturated rings. The van der Waals surface area contributed by atoms with Gasteiger partial charge in [-0.3, -0.25) is 4.72 Å². The summed E-state index contributed by atoms with van der Waals surface area (Å²) in [6.45, 7) is 0. The summed E-state index contributed by atoms with van der Waals surface area (Å²) in [6.07, 6.45) is -2.81. The van der Waals surface area contributed by atoms with Crippen molar-refractivity contribution >= 4 is 21.8 Å². The van der Waals surface area contributed by atoms with E-state index >= 15 is 0 Å². The first kappa shape index (κ1) is 19.6. The number of rotatable bonds is 5. The van der Waals surface area contributed by atoms with E-state index in [0.717, 1.165) is 25.6 Å². The number of hydrogen-bond donors (Lipinski definition) is 1. The maximum absolute atomic E-state index is 13.8. The van der Waals surface area contributed by atoms with E-state index in [2.05, 4.69) is 14.7 Å². The predicted octanol–water partition coefficient (Wildman–Crippen LogP) is 2.36. The van der Waals surface area contributed by atoms with Gasteiger partial charge in [0.05, 0.1) is 18.4 Å². The Labute approximate surface area is 145 Å². The number of methoxy groups -OCH3 is 1. The molecule has 0 atom stereocenters. The minimum Gasteiger partial charge on any atom is -0.464 e. The van der Waals surface area contributed by atoms with Crippen LogP contribution in [0.3, 0.4) is 0 Å². The molecular formula is C14H11F4N3O4S. The number of hydrogen-bond acceptors (Lipinski definition) is 6. The lowest BCUT2D eigenvalue weighted by molar-refractivity contribution is -0.138. The standard InChI is InChI=1S/C14H11F4N3O4S/c1-25-13(22)11-12(20-6-5-19-11)21-26(23,24)7-8-9(14(16,17)18)3-2-4-10(8)15/h2-6H,7H2,1H3,(H,20,21). The van der Waals surface area contributed by atoms with Crippen LogP contribution in [0, 0.1) is 5.82 Å². The second-order valence-electron chi connectivity index (χ2n) is 4.87. The summed E-state index contributed by atoms with van der Waals surface area (Å²) in [5, 5.41) is 0. The zero-order chi connectivity index (χ0) is 19.5. The average Bonchev–Trinajstić information content (AvgIpc) is 2.55. The maximum atomic E-state index is 13.8. The van der Waals surface area contributed by atoms with Crippen LogP contribution in [0.5, 0.6) is 0 Å². The highest BCUT2D eigenvalue weighted by Crippen LogP contribution is 2.34. The Kier molecular flexibility index (Phi) is 5.44. The van der Waals surface area contributed by atoms with Gasteiger partial charge >= 0.3 is 12.1 Å². The lowest BCUT2D eigenvalue weighted by Crippen LogP contribution is -2.22. The van der Waals surface area contributed by atoms with Gasteiger partial charge in [0.1, 0.15) is 5.82 Å². The van der Waals surface area contributed by atoms with Gasteiger partial charge < -0.3 is 4.74 Å². The van der Waals surface area contributed by atoms with Gasteiger partial charge in [0.15, 0.2) is 11.5 Å². The largest absolute Gasteiger partial charge is 0.464 e. The molecule has 2 aromatic rings. The Morgan fingerprint density at radius 2 is 1.88 bits per heavy atom. The third-order valence-corrected chi connectivity index (χ3v) is 4.26. The van der Waals surface area contributed by atoms with Crippen LogP contribution in [0.25, 0.3) is 0 Å². The molecule has 1 aromatic carbocycles. The van der Waals surface area contributed by atoms with E-state index in [0.29, 0.717) is 12.1 Å². The number of nitrogens with one attached hydrogen (secondary N) is 1. The van der Waals surface area contributed by atoms with Gasteiger partial charge in [-0.05, 0) is 12.1 Å². The van der Waals surface area contributed by atoms with E-state index in [4.69, 9.17) is 0 Å². The van der Waals surface area contributed by atoms with Gasteiger partial charge in [0, 0.05) is 18.0 Å². The Balaban J connectivity index is 2.40.